The first-order valence-corrected chi connectivity index (χ1v) is 8.05. The molecule has 4 nitrogen and oxygen atoms in total. The van der Waals surface area contributed by atoms with E-state index in [9.17, 15) is 4.79 Å². The molecule has 1 aliphatic heterocycles. The minimum Gasteiger partial charge on any atom is -0.491 e. The molecule has 0 aromatic heterocycles. The molecule has 0 saturated carbocycles. The van der Waals surface area contributed by atoms with E-state index < -0.39 is 0 Å². The van der Waals surface area contributed by atoms with E-state index in [0.717, 1.165) is 30.0 Å². The quantitative estimate of drug-likeness (QED) is 0.866. The topological polar surface area (TPSA) is 41.6 Å². The van der Waals surface area contributed by atoms with Crippen LogP contribution in [0, 0.1) is 6.92 Å². The van der Waals surface area contributed by atoms with E-state index in [2.05, 4.69) is 11.4 Å². The normalized spacial score (nSPS) is 12.9. The van der Waals surface area contributed by atoms with Crippen molar-refractivity contribution in [2.24, 2.45) is 0 Å². The summed E-state index contributed by atoms with van der Waals surface area (Å²) >= 11 is 5.92. The zero-order valence-electron chi connectivity index (χ0n) is 13.0. The van der Waals surface area contributed by atoms with Gasteiger partial charge in [0.05, 0.1) is 6.54 Å². The number of fused-ring (bicyclic) bond motifs is 1. The van der Waals surface area contributed by atoms with Gasteiger partial charge in [-0.2, -0.15) is 0 Å². The van der Waals surface area contributed by atoms with Crippen LogP contribution in [0.4, 0.5) is 10.5 Å². The summed E-state index contributed by atoms with van der Waals surface area (Å²) in [6, 6.07) is 13.4. The van der Waals surface area contributed by atoms with Crippen molar-refractivity contribution in [3.8, 4) is 5.75 Å². The van der Waals surface area contributed by atoms with Crippen LogP contribution in [-0.2, 0) is 6.42 Å². The van der Waals surface area contributed by atoms with Gasteiger partial charge < -0.3 is 10.1 Å². The molecule has 2 aromatic carbocycles. The van der Waals surface area contributed by atoms with Crippen molar-refractivity contribution >= 4 is 23.3 Å². The lowest BCUT2D eigenvalue weighted by molar-refractivity contribution is 0.242. The number of carbonyl (C=O) groups is 1. The largest absolute Gasteiger partial charge is 0.491 e. The van der Waals surface area contributed by atoms with Gasteiger partial charge >= 0.3 is 6.03 Å². The first kappa shape index (κ1) is 15.7. The Kier molecular flexibility index (Phi) is 4.72. The second-order valence-corrected chi connectivity index (χ2v) is 5.96. The Balaban J connectivity index is 1.49. The summed E-state index contributed by atoms with van der Waals surface area (Å²) in [6.07, 6.45) is 0.907. The van der Waals surface area contributed by atoms with Crippen LogP contribution in [0.5, 0.6) is 5.75 Å². The summed E-state index contributed by atoms with van der Waals surface area (Å²) in [5, 5.41) is 3.59. The third-order valence-electron chi connectivity index (χ3n) is 3.91. The first-order valence-electron chi connectivity index (χ1n) is 7.67. The number of anilines is 1. The van der Waals surface area contributed by atoms with Gasteiger partial charge in [-0.15, -0.1) is 0 Å². The fourth-order valence-electron chi connectivity index (χ4n) is 2.74. The SMILES string of the molecule is Cc1cc(Cl)ccc1OCCNC(=O)N1CCc2ccccc21. The molecule has 2 aromatic rings. The second-order valence-electron chi connectivity index (χ2n) is 5.52. The van der Waals surface area contributed by atoms with E-state index in [1.54, 1.807) is 11.0 Å². The van der Waals surface area contributed by atoms with E-state index in [4.69, 9.17) is 16.3 Å². The predicted octanol–water partition coefficient (Wildman–Crippen LogP) is 3.80. The van der Waals surface area contributed by atoms with Crippen LogP contribution in [0.15, 0.2) is 42.5 Å². The summed E-state index contributed by atoms with van der Waals surface area (Å²) < 4.78 is 5.68. The summed E-state index contributed by atoms with van der Waals surface area (Å²) in [5.74, 6) is 0.787. The molecular weight excluding hydrogens is 312 g/mol. The van der Waals surface area contributed by atoms with Crippen molar-refractivity contribution in [3.63, 3.8) is 0 Å². The highest BCUT2D eigenvalue weighted by Crippen LogP contribution is 2.27. The van der Waals surface area contributed by atoms with E-state index in [-0.39, 0.29) is 6.03 Å². The summed E-state index contributed by atoms with van der Waals surface area (Å²) in [4.78, 5) is 14.1. The Bertz CT molecular complexity index is 718. The number of hydrogen-bond acceptors (Lipinski definition) is 2. The molecular formula is C18H19ClN2O2. The Labute approximate surface area is 141 Å². The lowest BCUT2D eigenvalue weighted by Gasteiger charge is -2.18. The maximum atomic E-state index is 12.3. The third-order valence-corrected chi connectivity index (χ3v) is 4.14. The molecule has 0 unspecified atom stereocenters. The van der Waals surface area contributed by atoms with Crippen LogP contribution in [-0.4, -0.2) is 25.7 Å². The smallest absolute Gasteiger partial charge is 0.322 e. The van der Waals surface area contributed by atoms with Crippen molar-refractivity contribution in [1.82, 2.24) is 5.32 Å². The molecule has 1 heterocycles. The van der Waals surface area contributed by atoms with Crippen LogP contribution in [0.3, 0.4) is 0 Å². The number of para-hydroxylation sites is 1. The number of benzene rings is 2. The van der Waals surface area contributed by atoms with Crippen LogP contribution in [0.25, 0.3) is 0 Å². The lowest BCUT2D eigenvalue weighted by atomic mass is 10.2. The average molecular weight is 331 g/mol. The molecule has 0 radical (unpaired) electrons. The van der Waals surface area contributed by atoms with Gasteiger partial charge in [0, 0.05) is 17.3 Å². The lowest BCUT2D eigenvalue weighted by Crippen LogP contribution is -2.40. The van der Waals surface area contributed by atoms with Gasteiger partial charge in [-0.05, 0) is 48.7 Å². The van der Waals surface area contributed by atoms with E-state index in [1.807, 2.05) is 37.3 Å². The van der Waals surface area contributed by atoms with E-state index in [0.29, 0.717) is 18.2 Å². The van der Waals surface area contributed by atoms with Gasteiger partial charge in [0.25, 0.3) is 0 Å². The van der Waals surface area contributed by atoms with Gasteiger partial charge in [0.1, 0.15) is 12.4 Å². The molecule has 1 aliphatic rings. The molecule has 2 amide bonds. The fourth-order valence-corrected chi connectivity index (χ4v) is 2.97. The predicted molar refractivity (Wildman–Crippen MR) is 92.6 cm³/mol. The maximum absolute atomic E-state index is 12.3. The number of urea groups is 1. The zero-order valence-corrected chi connectivity index (χ0v) is 13.8. The summed E-state index contributed by atoms with van der Waals surface area (Å²) in [5.41, 5.74) is 3.20. The molecule has 1 N–H and O–H groups in total. The van der Waals surface area contributed by atoms with Crippen molar-refractivity contribution < 1.29 is 9.53 Å². The van der Waals surface area contributed by atoms with Crippen LogP contribution in [0.2, 0.25) is 5.02 Å². The fraction of sp³-hybridized carbons (Fsp3) is 0.278. The molecule has 0 fully saturated rings. The Morgan fingerprint density at radius 1 is 1.30 bits per heavy atom. The first-order chi connectivity index (χ1) is 11.1. The molecule has 23 heavy (non-hydrogen) atoms. The number of amides is 2. The Morgan fingerprint density at radius 3 is 2.96 bits per heavy atom. The van der Waals surface area contributed by atoms with Gasteiger partial charge in [0.15, 0.2) is 0 Å². The minimum absolute atomic E-state index is 0.0774. The van der Waals surface area contributed by atoms with Crippen molar-refractivity contribution in [3.05, 3.63) is 58.6 Å². The number of nitrogens with zero attached hydrogens (tertiary/aromatic N) is 1. The van der Waals surface area contributed by atoms with Crippen LogP contribution < -0.4 is 15.0 Å². The maximum Gasteiger partial charge on any atom is 0.322 e. The molecule has 0 atom stereocenters. The standard InChI is InChI=1S/C18H19ClN2O2/c1-13-12-15(19)6-7-17(13)23-11-9-20-18(22)21-10-8-14-4-2-3-5-16(14)21/h2-7,12H,8-11H2,1H3,(H,20,22). The van der Waals surface area contributed by atoms with Gasteiger partial charge in [-0.3, -0.25) is 4.90 Å². The Morgan fingerprint density at radius 2 is 2.13 bits per heavy atom. The van der Waals surface area contributed by atoms with Crippen molar-refractivity contribution in [2.75, 3.05) is 24.6 Å². The van der Waals surface area contributed by atoms with Crippen LogP contribution in [0.1, 0.15) is 11.1 Å². The van der Waals surface area contributed by atoms with E-state index in [1.165, 1.54) is 5.56 Å². The second kappa shape index (κ2) is 6.92. The monoisotopic (exact) mass is 330 g/mol. The number of carbonyl (C=O) groups excluding carboxylic acids is 1. The summed E-state index contributed by atoms with van der Waals surface area (Å²) in [6.45, 7) is 3.55. The van der Waals surface area contributed by atoms with Crippen molar-refractivity contribution in [1.29, 1.82) is 0 Å². The number of rotatable bonds is 4. The van der Waals surface area contributed by atoms with Gasteiger partial charge in [-0.25, -0.2) is 4.79 Å². The van der Waals surface area contributed by atoms with Gasteiger partial charge in [-0.1, -0.05) is 29.8 Å². The summed E-state index contributed by atoms with van der Waals surface area (Å²) in [7, 11) is 0. The number of ether oxygens (including phenoxy) is 1. The minimum atomic E-state index is -0.0774. The number of hydrogen-bond donors (Lipinski definition) is 1. The number of aryl methyl sites for hydroxylation is 1. The van der Waals surface area contributed by atoms with Gasteiger partial charge in [0.2, 0.25) is 0 Å². The molecule has 0 aliphatic carbocycles. The third kappa shape index (κ3) is 3.59. The number of halogens is 1. The molecule has 0 spiro atoms. The molecule has 0 saturated heterocycles. The molecule has 3 rings (SSSR count). The highest BCUT2D eigenvalue weighted by atomic mass is 35.5. The average Bonchev–Trinajstić information content (AvgIpc) is 2.97. The Hall–Kier alpha value is -2.20. The molecule has 0 bridgehead atoms. The van der Waals surface area contributed by atoms with Crippen LogP contribution >= 0.6 is 11.6 Å². The molecule has 5 heteroatoms. The van der Waals surface area contributed by atoms with Crippen molar-refractivity contribution in [2.45, 2.75) is 13.3 Å². The van der Waals surface area contributed by atoms with E-state index >= 15 is 0 Å². The molecule has 120 valence electrons. The highest BCUT2D eigenvalue weighted by molar-refractivity contribution is 6.30. The zero-order chi connectivity index (χ0) is 16.2. The number of nitrogens with one attached hydrogen (secondary N) is 1. The highest BCUT2D eigenvalue weighted by Gasteiger charge is 2.23.